The summed E-state index contributed by atoms with van der Waals surface area (Å²) in [5.41, 5.74) is 1.23. The van der Waals surface area contributed by atoms with Crippen LogP contribution in [0.1, 0.15) is 25.1 Å². The van der Waals surface area contributed by atoms with Gasteiger partial charge < -0.3 is 9.72 Å². The Morgan fingerprint density at radius 1 is 1.53 bits per heavy atom. The third-order valence-corrected chi connectivity index (χ3v) is 2.94. The van der Waals surface area contributed by atoms with E-state index in [0.717, 1.165) is 0 Å². The van der Waals surface area contributed by atoms with Gasteiger partial charge in [0.05, 0.1) is 25.1 Å². The number of methoxy groups -OCH3 is 1. The number of benzene rings is 1. The van der Waals surface area contributed by atoms with Crippen LogP contribution in [-0.2, 0) is 0 Å². The summed E-state index contributed by atoms with van der Waals surface area (Å²) in [6.07, 6.45) is 2.26. The second-order valence-electron chi connectivity index (χ2n) is 4.12. The fraction of sp³-hybridized carbons (Fsp3) is 0.286. The Labute approximate surface area is 110 Å². The van der Waals surface area contributed by atoms with Gasteiger partial charge in [-0.2, -0.15) is 5.26 Å². The molecular weight excluding hydrogens is 245 g/mol. The van der Waals surface area contributed by atoms with Gasteiger partial charge in [0.15, 0.2) is 0 Å². The molecule has 0 saturated heterocycles. The van der Waals surface area contributed by atoms with Crippen LogP contribution in [0.5, 0.6) is 5.75 Å². The van der Waals surface area contributed by atoms with E-state index in [1.165, 1.54) is 19.2 Å². The molecule has 5 heteroatoms. The summed E-state index contributed by atoms with van der Waals surface area (Å²) in [5, 5.41) is 9.01. The van der Waals surface area contributed by atoms with E-state index >= 15 is 0 Å². The van der Waals surface area contributed by atoms with Crippen molar-refractivity contribution in [2.75, 3.05) is 7.11 Å². The van der Waals surface area contributed by atoms with E-state index < -0.39 is 0 Å². The van der Waals surface area contributed by atoms with Gasteiger partial charge in [-0.15, -0.1) is 0 Å². The maximum absolute atomic E-state index is 13.3. The Morgan fingerprint density at radius 2 is 2.32 bits per heavy atom. The first-order valence-electron chi connectivity index (χ1n) is 5.98. The average molecular weight is 259 g/mol. The number of imidazole rings is 1. The lowest BCUT2D eigenvalue weighted by molar-refractivity contribution is 0.415. The minimum atomic E-state index is -0.348. The minimum absolute atomic E-state index is 0.284. The van der Waals surface area contributed by atoms with Gasteiger partial charge in [-0.25, -0.2) is 9.37 Å². The number of nitriles is 1. The SMILES string of the molecule is CCC(C#N)c1ncc(-c2cc(F)ccc2OC)[nH]1. The lowest BCUT2D eigenvalue weighted by Crippen LogP contribution is -1.96. The van der Waals surface area contributed by atoms with Gasteiger partial charge in [0.25, 0.3) is 0 Å². The summed E-state index contributed by atoms with van der Waals surface area (Å²) in [5.74, 6) is 0.514. The van der Waals surface area contributed by atoms with Crippen LogP contribution in [0.2, 0.25) is 0 Å². The molecule has 0 bridgehead atoms. The number of H-pyrrole nitrogens is 1. The zero-order chi connectivity index (χ0) is 13.8. The van der Waals surface area contributed by atoms with Crippen LogP contribution < -0.4 is 4.74 Å². The van der Waals surface area contributed by atoms with Gasteiger partial charge in [-0.05, 0) is 24.6 Å². The second kappa shape index (κ2) is 5.53. The van der Waals surface area contributed by atoms with E-state index in [1.807, 2.05) is 6.92 Å². The molecule has 98 valence electrons. The van der Waals surface area contributed by atoms with Gasteiger partial charge in [0.2, 0.25) is 0 Å². The Kier molecular flexibility index (Phi) is 3.81. The summed E-state index contributed by atoms with van der Waals surface area (Å²) in [6.45, 7) is 1.92. The molecule has 0 spiro atoms. The van der Waals surface area contributed by atoms with Crippen LogP contribution in [0.3, 0.4) is 0 Å². The highest BCUT2D eigenvalue weighted by atomic mass is 19.1. The van der Waals surface area contributed by atoms with Gasteiger partial charge >= 0.3 is 0 Å². The van der Waals surface area contributed by atoms with Crippen LogP contribution in [0.25, 0.3) is 11.3 Å². The molecule has 0 saturated carbocycles. The van der Waals surface area contributed by atoms with E-state index in [-0.39, 0.29) is 11.7 Å². The molecule has 0 aliphatic rings. The number of ether oxygens (including phenoxy) is 1. The molecule has 4 nitrogen and oxygen atoms in total. The molecule has 2 aromatic rings. The van der Waals surface area contributed by atoms with Crippen molar-refractivity contribution >= 4 is 0 Å². The van der Waals surface area contributed by atoms with E-state index in [1.54, 1.807) is 12.3 Å². The van der Waals surface area contributed by atoms with Crippen molar-refractivity contribution in [1.29, 1.82) is 5.26 Å². The number of aromatic nitrogens is 2. The average Bonchev–Trinajstić information content (AvgIpc) is 2.89. The maximum atomic E-state index is 13.3. The first kappa shape index (κ1) is 13.1. The fourth-order valence-corrected chi connectivity index (χ4v) is 1.89. The molecular formula is C14H14FN3O. The summed E-state index contributed by atoms with van der Waals surface area (Å²) in [7, 11) is 1.53. The molecule has 19 heavy (non-hydrogen) atoms. The molecule has 0 radical (unpaired) electrons. The predicted octanol–water partition coefficient (Wildman–Crippen LogP) is 3.24. The van der Waals surface area contributed by atoms with E-state index in [4.69, 9.17) is 10.00 Å². The Hall–Kier alpha value is -2.35. The fourth-order valence-electron chi connectivity index (χ4n) is 1.89. The van der Waals surface area contributed by atoms with Crippen molar-refractivity contribution in [3.63, 3.8) is 0 Å². The molecule has 0 aliphatic carbocycles. The number of aromatic amines is 1. The van der Waals surface area contributed by atoms with Crippen LogP contribution >= 0.6 is 0 Å². The van der Waals surface area contributed by atoms with Crippen LogP contribution in [0.15, 0.2) is 24.4 Å². The van der Waals surface area contributed by atoms with Crippen molar-refractivity contribution in [3.05, 3.63) is 36.0 Å². The molecule has 1 unspecified atom stereocenters. The minimum Gasteiger partial charge on any atom is -0.496 e. The van der Waals surface area contributed by atoms with Crippen molar-refractivity contribution < 1.29 is 9.13 Å². The summed E-state index contributed by atoms with van der Waals surface area (Å²) in [6, 6.07) is 6.45. The van der Waals surface area contributed by atoms with Gasteiger partial charge in [0, 0.05) is 5.56 Å². The topological polar surface area (TPSA) is 61.7 Å². The van der Waals surface area contributed by atoms with Crippen molar-refractivity contribution in [2.45, 2.75) is 19.3 Å². The highest BCUT2D eigenvalue weighted by Crippen LogP contribution is 2.30. The van der Waals surface area contributed by atoms with Crippen molar-refractivity contribution in [3.8, 4) is 23.1 Å². The first-order valence-corrected chi connectivity index (χ1v) is 5.98. The number of nitrogens with one attached hydrogen (secondary N) is 1. The van der Waals surface area contributed by atoms with Gasteiger partial charge in [0.1, 0.15) is 23.3 Å². The smallest absolute Gasteiger partial charge is 0.128 e. The summed E-state index contributed by atoms with van der Waals surface area (Å²) < 4.78 is 18.5. The highest BCUT2D eigenvalue weighted by molar-refractivity contribution is 5.66. The molecule has 1 N–H and O–H groups in total. The second-order valence-corrected chi connectivity index (χ2v) is 4.12. The first-order chi connectivity index (χ1) is 9.19. The van der Waals surface area contributed by atoms with Gasteiger partial charge in [-0.1, -0.05) is 6.92 Å². The molecule has 1 aromatic heterocycles. The quantitative estimate of drug-likeness (QED) is 0.916. The third kappa shape index (κ3) is 2.58. The number of hydrogen-bond donors (Lipinski definition) is 1. The van der Waals surface area contributed by atoms with E-state index in [0.29, 0.717) is 29.3 Å². The van der Waals surface area contributed by atoms with Crippen LogP contribution in [-0.4, -0.2) is 17.1 Å². The number of halogens is 1. The monoisotopic (exact) mass is 259 g/mol. The van der Waals surface area contributed by atoms with E-state index in [9.17, 15) is 4.39 Å². The summed E-state index contributed by atoms with van der Waals surface area (Å²) >= 11 is 0. The summed E-state index contributed by atoms with van der Waals surface area (Å²) in [4.78, 5) is 7.24. The lowest BCUT2D eigenvalue weighted by atomic mass is 10.1. The highest BCUT2D eigenvalue weighted by Gasteiger charge is 2.15. The molecule has 1 aromatic carbocycles. The number of nitrogens with zero attached hydrogens (tertiary/aromatic N) is 2. The van der Waals surface area contributed by atoms with Crippen molar-refractivity contribution in [2.24, 2.45) is 0 Å². The molecule has 0 amide bonds. The van der Waals surface area contributed by atoms with Crippen molar-refractivity contribution in [1.82, 2.24) is 9.97 Å². The van der Waals surface area contributed by atoms with Crippen LogP contribution in [0, 0.1) is 17.1 Å². The van der Waals surface area contributed by atoms with Crippen LogP contribution in [0.4, 0.5) is 4.39 Å². The number of hydrogen-bond acceptors (Lipinski definition) is 3. The lowest BCUT2D eigenvalue weighted by Gasteiger charge is -2.06. The maximum Gasteiger partial charge on any atom is 0.128 e. The van der Waals surface area contributed by atoms with E-state index in [2.05, 4.69) is 16.0 Å². The number of rotatable bonds is 4. The zero-order valence-electron chi connectivity index (χ0n) is 10.8. The predicted molar refractivity (Wildman–Crippen MR) is 69.2 cm³/mol. The largest absolute Gasteiger partial charge is 0.496 e. The molecule has 1 heterocycles. The Morgan fingerprint density at radius 3 is 2.95 bits per heavy atom. The normalized spacial score (nSPS) is 11.9. The molecule has 0 aliphatic heterocycles. The Bertz CT molecular complexity index is 615. The third-order valence-electron chi connectivity index (χ3n) is 2.94. The van der Waals surface area contributed by atoms with Gasteiger partial charge in [-0.3, -0.25) is 0 Å². The zero-order valence-corrected chi connectivity index (χ0v) is 10.8. The standard InChI is InChI=1S/C14H14FN3O/c1-3-9(7-16)14-17-8-12(18-14)11-6-10(15)4-5-13(11)19-2/h4-6,8-9H,3H2,1-2H3,(H,17,18). The molecule has 1 atom stereocenters. The molecule has 2 rings (SSSR count). The Balaban J connectivity index is 2.43. The molecule has 0 fully saturated rings.